The highest BCUT2D eigenvalue weighted by molar-refractivity contribution is 7.89. The summed E-state index contributed by atoms with van der Waals surface area (Å²) in [6.07, 6.45) is 2.85. The second-order valence-corrected chi connectivity index (χ2v) is 8.02. The summed E-state index contributed by atoms with van der Waals surface area (Å²) < 4.78 is 27.2. The molecular formula is C17H18ClNO2S. The lowest BCUT2D eigenvalue weighted by Gasteiger charge is -2.32. The summed E-state index contributed by atoms with van der Waals surface area (Å²) in [5.41, 5.74) is 2.36. The summed E-state index contributed by atoms with van der Waals surface area (Å²) in [4.78, 5) is 0.241. The maximum atomic E-state index is 12.9. The van der Waals surface area contributed by atoms with E-state index in [9.17, 15) is 8.42 Å². The molecule has 1 unspecified atom stereocenters. The van der Waals surface area contributed by atoms with E-state index in [1.54, 1.807) is 25.2 Å². The third-order valence-electron chi connectivity index (χ3n) is 4.25. The minimum absolute atomic E-state index is 0.117. The van der Waals surface area contributed by atoms with Crippen molar-refractivity contribution in [1.29, 1.82) is 0 Å². The first-order chi connectivity index (χ1) is 10.5. The van der Waals surface area contributed by atoms with Crippen molar-refractivity contribution in [3.05, 3.63) is 64.7 Å². The van der Waals surface area contributed by atoms with Gasteiger partial charge >= 0.3 is 0 Å². The molecular weight excluding hydrogens is 318 g/mol. The molecule has 0 aliphatic heterocycles. The van der Waals surface area contributed by atoms with Crippen LogP contribution in [0.4, 0.5) is 0 Å². The Morgan fingerprint density at radius 3 is 2.68 bits per heavy atom. The first kappa shape index (κ1) is 15.5. The highest BCUT2D eigenvalue weighted by Crippen LogP contribution is 2.36. The maximum Gasteiger partial charge on any atom is 0.243 e. The first-order valence-electron chi connectivity index (χ1n) is 7.31. The zero-order valence-electron chi connectivity index (χ0n) is 12.4. The third-order valence-corrected chi connectivity index (χ3v) is 6.35. The number of hydrogen-bond donors (Lipinski definition) is 0. The Labute approximate surface area is 136 Å². The smallest absolute Gasteiger partial charge is 0.207 e. The van der Waals surface area contributed by atoms with Crippen LogP contribution in [0.2, 0.25) is 5.02 Å². The van der Waals surface area contributed by atoms with Crippen LogP contribution in [0.1, 0.15) is 30.0 Å². The minimum atomic E-state index is -3.55. The highest BCUT2D eigenvalue weighted by atomic mass is 35.5. The Hall–Kier alpha value is -1.36. The van der Waals surface area contributed by atoms with Crippen molar-refractivity contribution in [2.45, 2.75) is 30.2 Å². The molecule has 0 spiro atoms. The quantitative estimate of drug-likeness (QED) is 0.849. The van der Waals surface area contributed by atoms with Crippen LogP contribution in [0.5, 0.6) is 0 Å². The van der Waals surface area contributed by atoms with Gasteiger partial charge < -0.3 is 0 Å². The van der Waals surface area contributed by atoms with Crippen LogP contribution in [-0.2, 0) is 16.4 Å². The minimum Gasteiger partial charge on any atom is -0.207 e. The Bertz CT molecular complexity index is 789. The van der Waals surface area contributed by atoms with Gasteiger partial charge in [0.25, 0.3) is 0 Å². The summed E-state index contributed by atoms with van der Waals surface area (Å²) in [5.74, 6) is 0. The van der Waals surface area contributed by atoms with Crippen molar-refractivity contribution in [3.63, 3.8) is 0 Å². The van der Waals surface area contributed by atoms with Crippen LogP contribution >= 0.6 is 11.6 Å². The van der Waals surface area contributed by atoms with E-state index in [4.69, 9.17) is 11.6 Å². The standard InChI is InChI=1S/C17H18ClNO2S/c1-19(22(20,21)15-9-5-8-14(18)12-15)17-11-4-7-13-6-2-3-10-16(13)17/h2-3,5-6,8-10,12,17H,4,7,11H2,1H3. The van der Waals surface area contributed by atoms with Gasteiger partial charge in [-0.15, -0.1) is 0 Å². The normalized spacial score (nSPS) is 18.2. The Morgan fingerprint density at radius 2 is 1.91 bits per heavy atom. The van der Waals surface area contributed by atoms with Gasteiger partial charge in [0.15, 0.2) is 0 Å². The zero-order valence-corrected chi connectivity index (χ0v) is 13.9. The molecule has 3 nitrogen and oxygen atoms in total. The number of aryl methyl sites for hydroxylation is 1. The van der Waals surface area contributed by atoms with Gasteiger partial charge in [0.1, 0.15) is 0 Å². The fourth-order valence-electron chi connectivity index (χ4n) is 3.07. The zero-order chi connectivity index (χ0) is 15.7. The molecule has 0 heterocycles. The van der Waals surface area contributed by atoms with Crippen LogP contribution < -0.4 is 0 Å². The number of fused-ring (bicyclic) bond motifs is 1. The van der Waals surface area contributed by atoms with Gasteiger partial charge in [-0.3, -0.25) is 0 Å². The fraction of sp³-hybridized carbons (Fsp3) is 0.294. The van der Waals surface area contributed by atoms with Crippen molar-refractivity contribution in [2.75, 3.05) is 7.05 Å². The van der Waals surface area contributed by atoms with Gasteiger partial charge in [-0.2, -0.15) is 4.31 Å². The molecule has 0 N–H and O–H groups in total. The molecule has 0 saturated heterocycles. The van der Waals surface area contributed by atoms with E-state index in [-0.39, 0.29) is 10.9 Å². The van der Waals surface area contributed by atoms with E-state index >= 15 is 0 Å². The van der Waals surface area contributed by atoms with Crippen molar-refractivity contribution < 1.29 is 8.42 Å². The molecule has 0 amide bonds. The van der Waals surface area contributed by atoms with E-state index in [1.165, 1.54) is 15.9 Å². The predicted octanol–water partition coefficient (Wildman–Crippen LogP) is 4.04. The monoisotopic (exact) mass is 335 g/mol. The van der Waals surface area contributed by atoms with Gasteiger partial charge in [0.05, 0.1) is 4.90 Å². The SMILES string of the molecule is CN(C1CCCc2ccccc21)S(=O)(=O)c1cccc(Cl)c1. The molecule has 1 aliphatic rings. The topological polar surface area (TPSA) is 37.4 Å². The maximum absolute atomic E-state index is 12.9. The molecule has 0 saturated carbocycles. The molecule has 1 aliphatic carbocycles. The molecule has 116 valence electrons. The van der Waals surface area contributed by atoms with Crippen LogP contribution in [0.15, 0.2) is 53.4 Å². The van der Waals surface area contributed by atoms with Gasteiger partial charge in [0.2, 0.25) is 10.0 Å². The summed E-state index contributed by atoms with van der Waals surface area (Å²) >= 11 is 5.94. The van der Waals surface area contributed by atoms with Gasteiger partial charge in [-0.05, 0) is 48.6 Å². The molecule has 2 aromatic carbocycles. The molecule has 0 fully saturated rings. The summed E-state index contributed by atoms with van der Waals surface area (Å²) in [6, 6.07) is 14.4. The van der Waals surface area contributed by atoms with Gasteiger partial charge in [-0.25, -0.2) is 8.42 Å². The number of nitrogens with zero attached hydrogens (tertiary/aromatic N) is 1. The lowest BCUT2D eigenvalue weighted by molar-refractivity contribution is 0.337. The van der Waals surface area contributed by atoms with Crippen molar-refractivity contribution in [1.82, 2.24) is 4.31 Å². The van der Waals surface area contributed by atoms with E-state index in [1.807, 2.05) is 18.2 Å². The number of rotatable bonds is 3. The largest absolute Gasteiger partial charge is 0.243 e. The number of halogens is 1. The van der Waals surface area contributed by atoms with Gasteiger partial charge in [0, 0.05) is 18.1 Å². The average Bonchev–Trinajstić information content (AvgIpc) is 2.53. The van der Waals surface area contributed by atoms with E-state index in [2.05, 4.69) is 6.07 Å². The predicted molar refractivity (Wildman–Crippen MR) is 88.5 cm³/mol. The molecule has 0 aromatic heterocycles. The molecule has 0 bridgehead atoms. The molecule has 0 radical (unpaired) electrons. The molecule has 5 heteroatoms. The fourth-order valence-corrected chi connectivity index (χ4v) is 4.74. The third kappa shape index (κ3) is 2.78. The van der Waals surface area contributed by atoms with E-state index in [0.29, 0.717) is 5.02 Å². The lowest BCUT2D eigenvalue weighted by Crippen LogP contribution is -2.33. The number of sulfonamides is 1. The van der Waals surface area contributed by atoms with E-state index < -0.39 is 10.0 Å². The summed E-state index contributed by atoms with van der Waals surface area (Å²) in [7, 11) is -1.90. The molecule has 3 rings (SSSR count). The summed E-state index contributed by atoms with van der Waals surface area (Å²) in [6.45, 7) is 0. The van der Waals surface area contributed by atoms with Crippen LogP contribution in [0.3, 0.4) is 0 Å². The Morgan fingerprint density at radius 1 is 1.14 bits per heavy atom. The second kappa shape index (κ2) is 6.03. The van der Waals surface area contributed by atoms with Crippen LogP contribution in [0, 0.1) is 0 Å². The average molecular weight is 336 g/mol. The Kier molecular flexibility index (Phi) is 4.26. The number of hydrogen-bond acceptors (Lipinski definition) is 2. The second-order valence-electron chi connectivity index (χ2n) is 5.59. The van der Waals surface area contributed by atoms with Crippen LogP contribution in [0.25, 0.3) is 0 Å². The van der Waals surface area contributed by atoms with Crippen molar-refractivity contribution >= 4 is 21.6 Å². The van der Waals surface area contributed by atoms with Gasteiger partial charge in [-0.1, -0.05) is 41.9 Å². The van der Waals surface area contributed by atoms with Crippen molar-refractivity contribution in [2.24, 2.45) is 0 Å². The molecule has 2 aromatic rings. The van der Waals surface area contributed by atoms with E-state index in [0.717, 1.165) is 24.8 Å². The number of benzene rings is 2. The highest BCUT2D eigenvalue weighted by Gasteiger charge is 2.31. The molecule has 22 heavy (non-hydrogen) atoms. The first-order valence-corrected chi connectivity index (χ1v) is 9.13. The lowest BCUT2D eigenvalue weighted by atomic mass is 9.88. The Balaban J connectivity index is 1.99. The molecule has 1 atom stereocenters. The summed E-state index contributed by atoms with van der Waals surface area (Å²) in [5, 5.41) is 0.429. The van der Waals surface area contributed by atoms with Crippen molar-refractivity contribution in [3.8, 4) is 0 Å². The van der Waals surface area contributed by atoms with Crippen LogP contribution in [-0.4, -0.2) is 19.8 Å².